The van der Waals surface area contributed by atoms with Crippen LogP contribution in [-0.2, 0) is 0 Å². The summed E-state index contributed by atoms with van der Waals surface area (Å²) in [6.07, 6.45) is 6.97. The fourth-order valence-electron chi connectivity index (χ4n) is 3.99. The van der Waals surface area contributed by atoms with E-state index in [0.29, 0.717) is 12.0 Å². The van der Waals surface area contributed by atoms with E-state index in [1.165, 1.54) is 50.8 Å². The summed E-state index contributed by atoms with van der Waals surface area (Å²) in [4.78, 5) is 2.47. The Bertz CT molecular complexity index is 439. The molecule has 0 spiro atoms. The normalized spacial score (nSPS) is 28.1. The summed E-state index contributed by atoms with van der Waals surface area (Å²) in [5.74, 6) is 1.55. The van der Waals surface area contributed by atoms with Crippen molar-refractivity contribution in [3.05, 3.63) is 34.9 Å². The van der Waals surface area contributed by atoms with Gasteiger partial charge in [-0.15, -0.1) is 0 Å². The molecule has 2 atom stereocenters. The highest BCUT2D eigenvalue weighted by molar-refractivity contribution is 6.30. The molecule has 0 amide bonds. The van der Waals surface area contributed by atoms with Gasteiger partial charge in [-0.05, 0) is 62.4 Å². The van der Waals surface area contributed by atoms with Crippen LogP contribution in [-0.4, -0.2) is 37.6 Å². The highest BCUT2D eigenvalue weighted by atomic mass is 35.5. The molecule has 1 aromatic rings. The van der Waals surface area contributed by atoms with Crippen molar-refractivity contribution in [3.63, 3.8) is 0 Å². The molecule has 0 aromatic heterocycles. The maximum Gasteiger partial charge on any atom is 0.0406 e. The Balaban J connectivity index is 1.57. The summed E-state index contributed by atoms with van der Waals surface area (Å²) >= 11 is 6.01. The maximum atomic E-state index is 6.01. The number of likely N-dealkylation sites (N-methyl/N-ethyl adjacent to an activating group) is 1. The lowest BCUT2D eigenvalue weighted by atomic mass is 9.88. The third-order valence-corrected chi connectivity index (χ3v) is 5.40. The molecule has 0 radical (unpaired) electrons. The molecule has 1 heterocycles. The second kappa shape index (κ2) is 7.13. The van der Waals surface area contributed by atoms with Gasteiger partial charge >= 0.3 is 0 Å². The molecule has 21 heavy (non-hydrogen) atoms. The van der Waals surface area contributed by atoms with E-state index in [4.69, 9.17) is 11.6 Å². The molecule has 2 unspecified atom stereocenters. The topological polar surface area (TPSA) is 15.3 Å². The number of piperidine rings is 1. The zero-order valence-electron chi connectivity index (χ0n) is 13.0. The summed E-state index contributed by atoms with van der Waals surface area (Å²) in [5.41, 5.74) is 1.43. The van der Waals surface area contributed by atoms with Crippen LogP contribution in [0.15, 0.2) is 24.3 Å². The van der Waals surface area contributed by atoms with E-state index in [0.717, 1.165) is 17.5 Å². The van der Waals surface area contributed by atoms with Crippen LogP contribution in [0.5, 0.6) is 0 Å². The van der Waals surface area contributed by atoms with Crippen molar-refractivity contribution in [3.8, 4) is 0 Å². The molecule has 116 valence electrons. The number of likely N-dealkylation sites (tertiary alicyclic amines) is 1. The van der Waals surface area contributed by atoms with E-state index in [2.05, 4.69) is 29.4 Å². The quantitative estimate of drug-likeness (QED) is 0.907. The minimum Gasteiger partial charge on any atom is -0.312 e. The number of rotatable bonds is 4. The Hall–Kier alpha value is -0.570. The minimum absolute atomic E-state index is 0.627. The van der Waals surface area contributed by atoms with Crippen LogP contribution in [0.1, 0.15) is 43.6 Å². The molecule has 1 saturated heterocycles. The van der Waals surface area contributed by atoms with Gasteiger partial charge in [0, 0.05) is 24.2 Å². The van der Waals surface area contributed by atoms with E-state index < -0.39 is 0 Å². The van der Waals surface area contributed by atoms with Crippen LogP contribution in [0.25, 0.3) is 0 Å². The highest BCUT2D eigenvalue weighted by Gasteiger charge is 2.27. The van der Waals surface area contributed by atoms with Gasteiger partial charge in [-0.2, -0.15) is 0 Å². The summed E-state index contributed by atoms with van der Waals surface area (Å²) in [6.45, 7) is 3.55. The molecule has 2 fully saturated rings. The lowest BCUT2D eigenvalue weighted by Crippen LogP contribution is -2.47. The Morgan fingerprint density at radius 2 is 1.86 bits per heavy atom. The first-order chi connectivity index (χ1) is 10.2. The second-order valence-corrected chi connectivity index (χ2v) is 7.40. The van der Waals surface area contributed by atoms with Crippen LogP contribution >= 0.6 is 11.6 Å². The largest absolute Gasteiger partial charge is 0.312 e. The van der Waals surface area contributed by atoms with Gasteiger partial charge in [-0.25, -0.2) is 0 Å². The fourth-order valence-corrected chi connectivity index (χ4v) is 4.12. The lowest BCUT2D eigenvalue weighted by Gasteiger charge is -2.37. The molecular weight excluding hydrogens is 280 g/mol. The summed E-state index contributed by atoms with van der Waals surface area (Å²) in [5, 5.41) is 4.67. The second-order valence-electron chi connectivity index (χ2n) is 6.96. The van der Waals surface area contributed by atoms with E-state index >= 15 is 0 Å². The molecular formula is C18H27ClN2. The van der Waals surface area contributed by atoms with Crippen molar-refractivity contribution in [2.75, 3.05) is 26.7 Å². The van der Waals surface area contributed by atoms with Crippen molar-refractivity contribution in [2.24, 2.45) is 5.92 Å². The third kappa shape index (κ3) is 4.21. The lowest BCUT2D eigenvalue weighted by molar-refractivity contribution is 0.200. The summed E-state index contributed by atoms with van der Waals surface area (Å²) < 4.78 is 0. The van der Waals surface area contributed by atoms with Crippen molar-refractivity contribution in [2.45, 2.75) is 44.1 Å². The highest BCUT2D eigenvalue weighted by Crippen LogP contribution is 2.28. The number of nitrogens with one attached hydrogen (secondary N) is 1. The first-order valence-electron chi connectivity index (χ1n) is 8.38. The SMILES string of the molecule is CN1CC(NCC2CCCC2)CC(c2ccc(Cl)cc2)C1. The molecule has 1 saturated carbocycles. The van der Waals surface area contributed by atoms with Crippen molar-refractivity contribution in [1.29, 1.82) is 0 Å². The molecule has 3 heteroatoms. The fraction of sp³-hybridized carbons (Fsp3) is 0.667. The van der Waals surface area contributed by atoms with Gasteiger partial charge in [0.2, 0.25) is 0 Å². The predicted octanol–water partition coefficient (Wildman–Crippen LogP) is 3.91. The van der Waals surface area contributed by atoms with Gasteiger partial charge in [0.1, 0.15) is 0 Å². The van der Waals surface area contributed by atoms with Gasteiger partial charge in [0.05, 0.1) is 0 Å². The molecule has 1 aromatic carbocycles. The van der Waals surface area contributed by atoms with Gasteiger partial charge in [0.25, 0.3) is 0 Å². The van der Waals surface area contributed by atoms with Crippen molar-refractivity contribution < 1.29 is 0 Å². The van der Waals surface area contributed by atoms with E-state index in [9.17, 15) is 0 Å². The first-order valence-corrected chi connectivity index (χ1v) is 8.76. The minimum atomic E-state index is 0.627. The molecule has 1 aliphatic heterocycles. The Labute approximate surface area is 133 Å². The smallest absolute Gasteiger partial charge is 0.0406 e. The van der Waals surface area contributed by atoms with Crippen LogP contribution in [0.4, 0.5) is 0 Å². The van der Waals surface area contributed by atoms with E-state index in [1.807, 2.05) is 12.1 Å². The molecule has 1 N–H and O–H groups in total. The van der Waals surface area contributed by atoms with Crippen LogP contribution in [0.3, 0.4) is 0 Å². The van der Waals surface area contributed by atoms with Gasteiger partial charge in [0.15, 0.2) is 0 Å². The first kappa shape index (κ1) is 15.3. The summed E-state index contributed by atoms with van der Waals surface area (Å²) in [6, 6.07) is 9.06. The number of halogens is 1. The van der Waals surface area contributed by atoms with Gasteiger partial charge in [-0.1, -0.05) is 36.6 Å². The number of nitrogens with zero attached hydrogens (tertiary/aromatic N) is 1. The Morgan fingerprint density at radius 3 is 2.57 bits per heavy atom. The van der Waals surface area contributed by atoms with Crippen LogP contribution < -0.4 is 5.32 Å². The van der Waals surface area contributed by atoms with Gasteiger partial charge in [-0.3, -0.25) is 0 Å². The maximum absolute atomic E-state index is 6.01. The van der Waals surface area contributed by atoms with Crippen LogP contribution in [0.2, 0.25) is 5.02 Å². The number of hydrogen-bond acceptors (Lipinski definition) is 2. The molecule has 0 bridgehead atoms. The van der Waals surface area contributed by atoms with E-state index in [-0.39, 0.29) is 0 Å². The van der Waals surface area contributed by atoms with Crippen LogP contribution in [0, 0.1) is 5.92 Å². The molecule has 3 rings (SSSR count). The van der Waals surface area contributed by atoms with Crippen molar-refractivity contribution >= 4 is 11.6 Å². The molecule has 2 nitrogen and oxygen atoms in total. The number of hydrogen-bond donors (Lipinski definition) is 1. The monoisotopic (exact) mass is 306 g/mol. The average molecular weight is 307 g/mol. The zero-order valence-corrected chi connectivity index (χ0v) is 13.8. The Morgan fingerprint density at radius 1 is 1.14 bits per heavy atom. The molecule has 1 aliphatic carbocycles. The van der Waals surface area contributed by atoms with E-state index in [1.54, 1.807) is 0 Å². The molecule has 2 aliphatic rings. The summed E-state index contributed by atoms with van der Waals surface area (Å²) in [7, 11) is 2.24. The van der Waals surface area contributed by atoms with Crippen molar-refractivity contribution in [1.82, 2.24) is 10.2 Å². The number of benzene rings is 1. The predicted molar refractivity (Wildman–Crippen MR) is 90.1 cm³/mol. The zero-order chi connectivity index (χ0) is 14.7. The third-order valence-electron chi connectivity index (χ3n) is 5.14. The average Bonchev–Trinajstić information content (AvgIpc) is 2.99. The Kier molecular flexibility index (Phi) is 5.20. The van der Waals surface area contributed by atoms with Gasteiger partial charge < -0.3 is 10.2 Å². The standard InChI is InChI=1S/C18H27ClN2/c1-21-12-16(15-6-8-17(19)9-7-15)10-18(13-21)20-11-14-4-2-3-5-14/h6-9,14,16,18,20H,2-5,10-13H2,1H3.